The Morgan fingerprint density at radius 1 is 1.43 bits per heavy atom. The second-order valence-corrected chi connectivity index (χ2v) is 7.06. The van der Waals surface area contributed by atoms with E-state index in [1.807, 2.05) is 11.7 Å². The third kappa shape index (κ3) is 4.34. The van der Waals surface area contributed by atoms with Gasteiger partial charge in [-0.15, -0.1) is 11.8 Å². The lowest BCUT2D eigenvalue weighted by molar-refractivity contribution is 0.197. The van der Waals surface area contributed by atoms with Crippen LogP contribution in [0.1, 0.15) is 23.9 Å². The first-order valence-corrected chi connectivity index (χ1v) is 8.87. The molecule has 0 fully saturated rings. The third-order valence-corrected chi connectivity index (χ3v) is 5.42. The molecule has 0 saturated carbocycles. The molecule has 5 heteroatoms. The Balaban J connectivity index is 1.96. The summed E-state index contributed by atoms with van der Waals surface area (Å²) in [6, 6.07) is 8.36. The topological polar surface area (TPSA) is 38.0 Å². The fraction of sp³-hybridized carbons (Fsp3) is 0.438. The van der Waals surface area contributed by atoms with Crippen molar-refractivity contribution in [1.29, 1.82) is 0 Å². The van der Waals surface area contributed by atoms with Gasteiger partial charge in [-0.05, 0) is 41.4 Å². The van der Waals surface area contributed by atoms with Gasteiger partial charge >= 0.3 is 0 Å². The predicted octanol–water partition coefficient (Wildman–Crippen LogP) is 3.75. The molecule has 1 aromatic heterocycles. The van der Waals surface area contributed by atoms with Crippen molar-refractivity contribution in [1.82, 2.24) is 9.78 Å². The molecule has 1 aromatic carbocycles. The van der Waals surface area contributed by atoms with E-state index in [2.05, 4.69) is 59.1 Å². The molecule has 114 valence electrons. The molecule has 3 nitrogen and oxygen atoms in total. The number of aromatic nitrogens is 2. The van der Waals surface area contributed by atoms with Crippen LogP contribution in [0.5, 0.6) is 0 Å². The highest BCUT2D eigenvalue weighted by atomic mass is 79.9. The molecule has 0 amide bonds. The lowest BCUT2D eigenvalue weighted by Crippen LogP contribution is -2.16. The number of thioether (sulfide) groups is 1. The summed E-state index contributed by atoms with van der Waals surface area (Å²) >= 11 is 5.29. The number of hydrogen-bond donors (Lipinski definition) is 1. The molecular formula is C16H21BrN2OS. The van der Waals surface area contributed by atoms with Crippen LogP contribution < -0.4 is 0 Å². The van der Waals surface area contributed by atoms with Crippen LogP contribution in [0.3, 0.4) is 0 Å². The van der Waals surface area contributed by atoms with E-state index < -0.39 is 0 Å². The summed E-state index contributed by atoms with van der Waals surface area (Å²) in [6.07, 6.45) is 1.12. The van der Waals surface area contributed by atoms with Crippen LogP contribution in [0, 0.1) is 6.92 Å². The first-order chi connectivity index (χ1) is 10.0. The van der Waals surface area contributed by atoms with Crippen molar-refractivity contribution in [2.45, 2.75) is 37.7 Å². The molecule has 1 heterocycles. The van der Waals surface area contributed by atoms with Crippen LogP contribution in [-0.2, 0) is 19.9 Å². The fourth-order valence-corrected chi connectivity index (χ4v) is 3.95. The van der Waals surface area contributed by atoms with E-state index >= 15 is 0 Å². The summed E-state index contributed by atoms with van der Waals surface area (Å²) in [5.41, 5.74) is 3.35. The summed E-state index contributed by atoms with van der Waals surface area (Å²) in [6.45, 7) is 4.17. The average Bonchev–Trinajstić information content (AvgIpc) is 2.72. The summed E-state index contributed by atoms with van der Waals surface area (Å²) in [4.78, 5) is 1.20. The third-order valence-electron chi connectivity index (χ3n) is 3.36. The van der Waals surface area contributed by atoms with Crippen LogP contribution in [0.4, 0.5) is 0 Å². The number of halogens is 1. The molecule has 1 N–H and O–H groups in total. The van der Waals surface area contributed by atoms with Crippen LogP contribution >= 0.6 is 27.7 Å². The SMILES string of the molecule is CCc1nn(C)c(CC(O)CSc2cccc(C)c2)c1Br. The zero-order chi connectivity index (χ0) is 15.4. The van der Waals surface area contributed by atoms with E-state index in [4.69, 9.17) is 0 Å². The molecule has 2 rings (SSSR count). The van der Waals surface area contributed by atoms with Crippen molar-refractivity contribution in [2.75, 3.05) is 5.75 Å². The quantitative estimate of drug-likeness (QED) is 0.789. The molecule has 0 aliphatic carbocycles. The van der Waals surface area contributed by atoms with Gasteiger partial charge in [0.05, 0.1) is 22.0 Å². The molecule has 1 atom stereocenters. The molecule has 0 saturated heterocycles. The summed E-state index contributed by atoms with van der Waals surface area (Å²) in [5, 5.41) is 14.7. The fourth-order valence-electron chi connectivity index (χ4n) is 2.22. The highest BCUT2D eigenvalue weighted by molar-refractivity contribution is 9.10. The van der Waals surface area contributed by atoms with Gasteiger partial charge in [-0.25, -0.2) is 0 Å². The van der Waals surface area contributed by atoms with Crippen molar-refractivity contribution in [3.8, 4) is 0 Å². The molecular weight excluding hydrogens is 348 g/mol. The average molecular weight is 369 g/mol. The molecule has 1 unspecified atom stereocenters. The zero-order valence-corrected chi connectivity index (χ0v) is 15.0. The number of rotatable bonds is 6. The second-order valence-electron chi connectivity index (χ2n) is 5.17. The Morgan fingerprint density at radius 3 is 2.81 bits per heavy atom. The Morgan fingerprint density at radius 2 is 2.19 bits per heavy atom. The minimum atomic E-state index is -0.382. The maximum Gasteiger partial charge on any atom is 0.0766 e. The number of nitrogens with zero attached hydrogens (tertiary/aromatic N) is 2. The number of aliphatic hydroxyl groups excluding tert-OH is 1. The number of aliphatic hydroxyl groups is 1. The highest BCUT2D eigenvalue weighted by Gasteiger charge is 2.16. The van der Waals surface area contributed by atoms with Crippen LogP contribution in [-0.4, -0.2) is 26.7 Å². The van der Waals surface area contributed by atoms with E-state index in [1.165, 1.54) is 10.5 Å². The predicted molar refractivity (Wildman–Crippen MR) is 91.9 cm³/mol. The molecule has 0 spiro atoms. The Bertz CT molecular complexity index is 612. The van der Waals surface area contributed by atoms with Gasteiger partial charge in [0, 0.05) is 24.1 Å². The van der Waals surface area contributed by atoms with Crippen LogP contribution in [0.25, 0.3) is 0 Å². The minimum absolute atomic E-state index is 0.382. The largest absolute Gasteiger partial charge is 0.392 e. The maximum atomic E-state index is 10.3. The van der Waals surface area contributed by atoms with Gasteiger partial charge in [-0.3, -0.25) is 4.68 Å². The molecule has 21 heavy (non-hydrogen) atoms. The van der Waals surface area contributed by atoms with Crippen molar-refractivity contribution in [2.24, 2.45) is 7.05 Å². The van der Waals surface area contributed by atoms with E-state index in [0.717, 1.165) is 22.3 Å². The van der Waals surface area contributed by atoms with Crippen molar-refractivity contribution >= 4 is 27.7 Å². The lowest BCUT2D eigenvalue weighted by atomic mass is 10.2. The first-order valence-electron chi connectivity index (χ1n) is 7.09. The van der Waals surface area contributed by atoms with E-state index in [1.54, 1.807) is 11.8 Å². The standard InChI is InChI=1S/C16H21BrN2OS/c1-4-14-16(17)15(19(3)18-14)9-12(20)10-21-13-7-5-6-11(2)8-13/h5-8,12,20H,4,9-10H2,1-3H3. The molecule has 0 aliphatic rings. The van der Waals surface area contributed by atoms with E-state index in [9.17, 15) is 5.11 Å². The van der Waals surface area contributed by atoms with E-state index in [0.29, 0.717) is 12.2 Å². The van der Waals surface area contributed by atoms with Gasteiger partial charge in [0.15, 0.2) is 0 Å². The van der Waals surface area contributed by atoms with Gasteiger partial charge in [0.2, 0.25) is 0 Å². The molecule has 0 aliphatic heterocycles. The van der Waals surface area contributed by atoms with Crippen molar-refractivity contribution in [3.63, 3.8) is 0 Å². The molecule has 0 radical (unpaired) electrons. The van der Waals surface area contributed by atoms with Gasteiger partial charge in [0.25, 0.3) is 0 Å². The smallest absolute Gasteiger partial charge is 0.0766 e. The summed E-state index contributed by atoms with van der Waals surface area (Å²) in [7, 11) is 1.93. The van der Waals surface area contributed by atoms with E-state index in [-0.39, 0.29) is 6.10 Å². The van der Waals surface area contributed by atoms with Crippen molar-refractivity contribution in [3.05, 3.63) is 45.7 Å². The number of aryl methyl sites for hydroxylation is 3. The normalized spacial score (nSPS) is 12.6. The monoisotopic (exact) mass is 368 g/mol. The lowest BCUT2D eigenvalue weighted by Gasteiger charge is -2.11. The van der Waals surface area contributed by atoms with Gasteiger partial charge in [0.1, 0.15) is 0 Å². The first kappa shape index (κ1) is 16.6. The number of benzene rings is 1. The van der Waals surface area contributed by atoms with Crippen molar-refractivity contribution < 1.29 is 5.11 Å². The van der Waals surface area contributed by atoms with Crippen LogP contribution in [0.2, 0.25) is 0 Å². The van der Waals surface area contributed by atoms with Gasteiger partial charge < -0.3 is 5.11 Å². The molecule has 0 bridgehead atoms. The molecule has 2 aromatic rings. The minimum Gasteiger partial charge on any atom is -0.392 e. The zero-order valence-electron chi connectivity index (χ0n) is 12.6. The van der Waals surface area contributed by atoms with Gasteiger partial charge in [-0.1, -0.05) is 24.6 Å². The Hall–Kier alpha value is -0.780. The Labute approximate surface area is 138 Å². The van der Waals surface area contributed by atoms with Crippen LogP contribution in [0.15, 0.2) is 33.6 Å². The number of hydrogen-bond acceptors (Lipinski definition) is 3. The van der Waals surface area contributed by atoms with Gasteiger partial charge in [-0.2, -0.15) is 5.10 Å². The second kappa shape index (κ2) is 7.47. The summed E-state index contributed by atoms with van der Waals surface area (Å²) in [5.74, 6) is 0.683. The highest BCUT2D eigenvalue weighted by Crippen LogP contribution is 2.25. The Kier molecular flexibility index (Phi) is 5.90. The summed E-state index contributed by atoms with van der Waals surface area (Å²) < 4.78 is 2.90. The maximum absolute atomic E-state index is 10.3.